The van der Waals surface area contributed by atoms with Crippen LogP contribution >= 0.6 is 0 Å². The molecule has 5 nitrogen and oxygen atoms in total. The lowest BCUT2D eigenvalue weighted by Gasteiger charge is -2.21. The molecule has 0 atom stereocenters. The van der Waals surface area contributed by atoms with E-state index in [1.54, 1.807) is 6.20 Å². The first-order valence-corrected chi connectivity index (χ1v) is 6.84. The van der Waals surface area contributed by atoms with Gasteiger partial charge in [0.1, 0.15) is 5.82 Å². The van der Waals surface area contributed by atoms with Gasteiger partial charge in [-0.1, -0.05) is 44.2 Å². The molecule has 1 aromatic heterocycles. The van der Waals surface area contributed by atoms with Crippen molar-refractivity contribution in [1.29, 1.82) is 0 Å². The highest BCUT2D eigenvalue weighted by molar-refractivity contribution is 5.91. The SMILES string of the molecule is CC(C)c1ncc(N(C)Cc2ccccc2)c(C(=O)O)n1. The zero-order chi connectivity index (χ0) is 15.4. The summed E-state index contributed by atoms with van der Waals surface area (Å²) in [7, 11) is 1.84. The highest BCUT2D eigenvalue weighted by Crippen LogP contribution is 2.21. The van der Waals surface area contributed by atoms with Crippen molar-refractivity contribution in [3.05, 3.63) is 53.6 Å². The quantitative estimate of drug-likeness (QED) is 0.915. The number of carboxylic acids is 1. The van der Waals surface area contributed by atoms with Gasteiger partial charge in [-0.25, -0.2) is 14.8 Å². The molecule has 0 aliphatic rings. The molecule has 0 aliphatic heterocycles. The lowest BCUT2D eigenvalue weighted by molar-refractivity contribution is 0.0690. The maximum atomic E-state index is 11.4. The summed E-state index contributed by atoms with van der Waals surface area (Å²) in [5.74, 6) is -0.393. The van der Waals surface area contributed by atoms with E-state index in [1.165, 1.54) is 0 Å². The first-order chi connectivity index (χ1) is 9.99. The second-order valence-corrected chi connectivity index (χ2v) is 5.26. The summed E-state index contributed by atoms with van der Waals surface area (Å²) >= 11 is 0. The first kappa shape index (κ1) is 15.0. The fourth-order valence-corrected chi connectivity index (χ4v) is 2.05. The molecule has 1 heterocycles. The van der Waals surface area contributed by atoms with E-state index in [-0.39, 0.29) is 11.6 Å². The Bertz CT molecular complexity index is 627. The number of nitrogens with zero attached hydrogens (tertiary/aromatic N) is 3. The average Bonchev–Trinajstić information content (AvgIpc) is 2.47. The lowest BCUT2D eigenvalue weighted by atomic mass is 10.2. The molecule has 0 saturated heterocycles. The minimum Gasteiger partial charge on any atom is -0.476 e. The van der Waals surface area contributed by atoms with Crippen molar-refractivity contribution in [2.45, 2.75) is 26.3 Å². The average molecular weight is 285 g/mol. The Labute approximate surface area is 124 Å². The monoisotopic (exact) mass is 285 g/mol. The van der Waals surface area contributed by atoms with Crippen molar-refractivity contribution in [1.82, 2.24) is 9.97 Å². The van der Waals surface area contributed by atoms with Gasteiger partial charge < -0.3 is 10.0 Å². The largest absolute Gasteiger partial charge is 0.476 e. The Morgan fingerprint density at radius 2 is 1.95 bits per heavy atom. The van der Waals surface area contributed by atoms with E-state index in [0.717, 1.165) is 5.56 Å². The third kappa shape index (κ3) is 3.56. The summed E-state index contributed by atoms with van der Waals surface area (Å²) in [5, 5.41) is 9.37. The summed E-state index contributed by atoms with van der Waals surface area (Å²) in [4.78, 5) is 21.7. The lowest BCUT2D eigenvalue weighted by Crippen LogP contribution is -2.21. The highest BCUT2D eigenvalue weighted by atomic mass is 16.4. The molecule has 0 fully saturated rings. The summed E-state index contributed by atoms with van der Waals surface area (Å²) < 4.78 is 0. The number of aromatic carboxylic acids is 1. The second kappa shape index (κ2) is 6.35. The molecule has 5 heteroatoms. The number of aromatic nitrogens is 2. The van der Waals surface area contributed by atoms with Gasteiger partial charge in [-0.2, -0.15) is 0 Å². The predicted octanol–water partition coefficient (Wildman–Crippen LogP) is 2.93. The predicted molar refractivity (Wildman–Crippen MR) is 81.6 cm³/mol. The van der Waals surface area contributed by atoms with Crippen molar-refractivity contribution in [3.63, 3.8) is 0 Å². The van der Waals surface area contributed by atoms with Crippen LogP contribution in [0.4, 0.5) is 5.69 Å². The molecule has 0 radical (unpaired) electrons. The Morgan fingerprint density at radius 3 is 2.52 bits per heavy atom. The fraction of sp³-hybridized carbons (Fsp3) is 0.312. The van der Waals surface area contributed by atoms with Crippen LogP contribution in [0, 0.1) is 0 Å². The minimum atomic E-state index is -1.03. The zero-order valence-electron chi connectivity index (χ0n) is 12.4. The number of carboxylic acid groups (broad SMARTS) is 1. The maximum absolute atomic E-state index is 11.4. The maximum Gasteiger partial charge on any atom is 0.356 e. The number of hydrogen-bond donors (Lipinski definition) is 1. The molecule has 110 valence electrons. The highest BCUT2D eigenvalue weighted by Gasteiger charge is 2.18. The smallest absolute Gasteiger partial charge is 0.356 e. The van der Waals surface area contributed by atoms with Crippen molar-refractivity contribution in [2.75, 3.05) is 11.9 Å². The summed E-state index contributed by atoms with van der Waals surface area (Å²) in [6.07, 6.45) is 1.59. The van der Waals surface area contributed by atoms with E-state index in [9.17, 15) is 9.90 Å². The molecular formula is C16H19N3O2. The van der Waals surface area contributed by atoms with E-state index >= 15 is 0 Å². The summed E-state index contributed by atoms with van der Waals surface area (Å²) in [6, 6.07) is 9.87. The van der Waals surface area contributed by atoms with E-state index in [2.05, 4.69) is 9.97 Å². The van der Waals surface area contributed by atoms with Crippen molar-refractivity contribution in [3.8, 4) is 0 Å². The standard InChI is InChI=1S/C16H19N3O2/c1-11(2)15-17-9-13(14(18-15)16(20)21)19(3)10-12-7-5-4-6-8-12/h4-9,11H,10H2,1-3H3,(H,20,21). The Kier molecular flexibility index (Phi) is 4.52. The molecule has 0 amide bonds. The molecule has 0 bridgehead atoms. The van der Waals surface area contributed by atoms with E-state index in [1.807, 2.05) is 56.1 Å². The topological polar surface area (TPSA) is 66.3 Å². The number of benzene rings is 1. The van der Waals surface area contributed by atoms with Gasteiger partial charge in [-0.05, 0) is 5.56 Å². The number of hydrogen-bond acceptors (Lipinski definition) is 4. The summed E-state index contributed by atoms with van der Waals surface area (Å²) in [5.41, 5.74) is 1.67. The van der Waals surface area contributed by atoms with Crippen LogP contribution in [-0.2, 0) is 6.54 Å². The molecule has 2 rings (SSSR count). The van der Waals surface area contributed by atoms with Gasteiger partial charge in [0.05, 0.1) is 11.9 Å². The van der Waals surface area contributed by atoms with Crippen LogP contribution in [0.1, 0.15) is 41.6 Å². The molecule has 2 aromatic rings. The van der Waals surface area contributed by atoms with Gasteiger partial charge in [-0.3, -0.25) is 0 Å². The molecule has 0 spiro atoms. The molecule has 0 saturated carbocycles. The van der Waals surface area contributed by atoms with Crippen molar-refractivity contribution < 1.29 is 9.90 Å². The van der Waals surface area contributed by atoms with Gasteiger partial charge in [0, 0.05) is 19.5 Å². The second-order valence-electron chi connectivity index (χ2n) is 5.26. The van der Waals surface area contributed by atoms with Crippen LogP contribution in [0.15, 0.2) is 36.5 Å². The van der Waals surface area contributed by atoms with Gasteiger partial charge >= 0.3 is 5.97 Å². The normalized spacial score (nSPS) is 10.7. The van der Waals surface area contributed by atoms with Crippen LogP contribution in [-0.4, -0.2) is 28.1 Å². The van der Waals surface area contributed by atoms with Gasteiger partial charge in [-0.15, -0.1) is 0 Å². The molecule has 0 aliphatic carbocycles. The van der Waals surface area contributed by atoms with E-state index in [0.29, 0.717) is 18.1 Å². The third-order valence-electron chi connectivity index (χ3n) is 3.18. The Balaban J connectivity index is 2.32. The van der Waals surface area contributed by atoms with Crippen molar-refractivity contribution >= 4 is 11.7 Å². The molecule has 21 heavy (non-hydrogen) atoms. The van der Waals surface area contributed by atoms with Crippen molar-refractivity contribution in [2.24, 2.45) is 0 Å². The van der Waals surface area contributed by atoms with E-state index < -0.39 is 5.97 Å². The number of anilines is 1. The van der Waals surface area contributed by atoms with Gasteiger partial charge in [0.25, 0.3) is 0 Å². The van der Waals surface area contributed by atoms with Crippen LogP contribution in [0.2, 0.25) is 0 Å². The van der Waals surface area contributed by atoms with Crippen LogP contribution in [0.5, 0.6) is 0 Å². The molecule has 1 aromatic carbocycles. The molecule has 0 unspecified atom stereocenters. The minimum absolute atomic E-state index is 0.0483. The molecule has 1 N–H and O–H groups in total. The van der Waals surface area contributed by atoms with E-state index in [4.69, 9.17) is 0 Å². The zero-order valence-corrected chi connectivity index (χ0v) is 12.4. The molecular weight excluding hydrogens is 266 g/mol. The Hall–Kier alpha value is -2.43. The van der Waals surface area contributed by atoms with Gasteiger partial charge in [0.2, 0.25) is 0 Å². The summed E-state index contributed by atoms with van der Waals surface area (Å²) in [6.45, 7) is 4.48. The first-order valence-electron chi connectivity index (χ1n) is 6.84. The van der Waals surface area contributed by atoms with Gasteiger partial charge in [0.15, 0.2) is 5.69 Å². The number of carbonyl (C=O) groups is 1. The Morgan fingerprint density at radius 1 is 1.29 bits per heavy atom. The van der Waals surface area contributed by atoms with Crippen LogP contribution in [0.25, 0.3) is 0 Å². The fourth-order valence-electron chi connectivity index (χ4n) is 2.05. The van der Waals surface area contributed by atoms with Crippen LogP contribution < -0.4 is 4.90 Å². The van der Waals surface area contributed by atoms with Crippen LogP contribution in [0.3, 0.4) is 0 Å². The third-order valence-corrected chi connectivity index (χ3v) is 3.18. The number of rotatable bonds is 5.